The van der Waals surface area contributed by atoms with Crippen molar-refractivity contribution in [3.8, 4) is 0 Å². The largest absolute Gasteiger partial charge is 0.339 e. The average Bonchev–Trinajstić information content (AvgIpc) is 2.77. The molecule has 2 aliphatic carbocycles. The maximum absolute atomic E-state index is 6.10. The highest BCUT2D eigenvalue weighted by Gasteiger charge is 2.56. The standard InChI is InChI=1S/C12H19N3O/c1-3-12(2,13)11-14-10(16-15-11)9-7-5-4-6-8(7)9/h7-9H,3-6,13H2,1-2H3. The summed E-state index contributed by atoms with van der Waals surface area (Å²) in [6.07, 6.45) is 4.86. The van der Waals surface area contributed by atoms with Gasteiger partial charge >= 0.3 is 0 Å². The molecule has 1 aromatic rings. The molecule has 1 heterocycles. The second kappa shape index (κ2) is 3.29. The molecule has 0 radical (unpaired) electrons. The van der Waals surface area contributed by atoms with Gasteiger partial charge in [-0.15, -0.1) is 0 Å². The molecule has 1 aromatic heterocycles. The van der Waals surface area contributed by atoms with Gasteiger partial charge in [0, 0.05) is 5.92 Å². The zero-order valence-corrected chi connectivity index (χ0v) is 9.94. The van der Waals surface area contributed by atoms with Crippen LogP contribution in [0, 0.1) is 11.8 Å². The number of fused-ring (bicyclic) bond motifs is 1. The van der Waals surface area contributed by atoms with Crippen molar-refractivity contribution in [2.24, 2.45) is 17.6 Å². The van der Waals surface area contributed by atoms with Gasteiger partial charge < -0.3 is 10.3 Å². The van der Waals surface area contributed by atoms with E-state index < -0.39 is 5.54 Å². The minimum absolute atomic E-state index is 0.453. The molecule has 0 amide bonds. The van der Waals surface area contributed by atoms with Crippen molar-refractivity contribution >= 4 is 0 Å². The quantitative estimate of drug-likeness (QED) is 0.849. The number of hydrogen-bond acceptors (Lipinski definition) is 4. The number of aromatic nitrogens is 2. The Bertz CT molecular complexity index is 389. The lowest BCUT2D eigenvalue weighted by Gasteiger charge is -2.16. The smallest absolute Gasteiger partial charge is 0.230 e. The lowest BCUT2D eigenvalue weighted by Crippen LogP contribution is -2.33. The van der Waals surface area contributed by atoms with E-state index in [1.54, 1.807) is 0 Å². The molecule has 0 aromatic carbocycles. The Hall–Kier alpha value is -0.900. The van der Waals surface area contributed by atoms with Gasteiger partial charge in [0.25, 0.3) is 0 Å². The summed E-state index contributed by atoms with van der Waals surface area (Å²) in [7, 11) is 0. The third-order valence-corrected chi connectivity index (χ3v) is 4.38. The van der Waals surface area contributed by atoms with Gasteiger partial charge in [0.15, 0.2) is 5.82 Å². The van der Waals surface area contributed by atoms with Gasteiger partial charge in [0.1, 0.15) is 0 Å². The van der Waals surface area contributed by atoms with Crippen LogP contribution in [0.1, 0.15) is 57.2 Å². The molecular formula is C12H19N3O. The summed E-state index contributed by atoms with van der Waals surface area (Å²) in [6.45, 7) is 4.00. The first-order valence-electron chi connectivity index (χ1n) is 6.26. The predicted octanol–water partition coefficient (Wildman–Crippen LogP) is 2.17. The summed E-state index contributed by atoms with van der Waals surface area (Å²) in [4.78, 5) is 4.49. The summed E-state index contributed by atoms with van der Waals surface area (Å²) in [6, 6.07) is 0. The molecule has 0 saturated heterocycles. The summed E-state index contributed by atoms with van der Waals surface area (Å²) in [5, 5.41) is 4.04. The Morgan fingerprint density at radius 2 is 2.12 bits per heavy atom. The lowest BCUT2D eigenvalue weighted by atomic mass is 10.00. The van der Waals surface area contributed by atoms with Gasteiger partial charge in [0.05, 0.1) is 5.54 Å². The van der Waals surface area contributed by atoms with Crippen molar-refractivity contribution < 1.29 is 4.52 Å². The zero-order chi connectivity index (χ0) is 11.3. The minimum atomic E-state index is -0.453. The van der Waals surface area contributed by atoms with Crippen molar-refractivity contribution in [2.45, 2.75) is 51.0 Å². The van der Waals surface area contributed by atoms with E-state index in [1.165, 1.54) is 19.3 Å². The number of rotatable bonds is 3. The zero-order valence-electron chi connectivity index (χ0n) is 9.94. The molecule has 2 N–H and O–H groups in total. The third kappa shape index (κ3) is 1.39. The molecule has 16 heavy (non-hydrogen) atoms. The summed E-state index contributed by atoms with van der Waals surface area (Å²) in [5.41, 5.74) is 5.65. The summed E-state index contributed by atoms with van der Waals surface area (Å²) < 4.78 is 5.37. The van der Waals surface area contributed by atoms with Crippen LogP contribution in [0.15, 0.2) is 4.52 Å². The SMILES string of the molecule is CCC(C)(N)c1noc(C2C3CCCC32)n1. The molecule has 88 valence electrons. The maximum Gasteiger partial charge on any atom is 0.230 e. The van der Waals surface area contributed by atoms with Crippen LogP contribution in [0.5, 0.6) is 0 Å². The molecule has 0 aliphatic heterocycles. The summed E-state index contributed by atoms with van der Waals surface area (Å²) >= 11 is 0. The van der Waals surface area contributed by atoms with E-state index in [-0.39, 0.29) is 0 Å². The van der Waals surface area contributed by atoms with E-state index in [1.807, 2.05) is 13.8 Å². The van der Waals surface area contributed by atoms with E-state index in [2.05, 4.69) is 10.1 Å². The van der Waals surface area contributed by atoms with E-state index in [4.69, 9.17) is 10.3 Å². The Morgan fingerprint density at radius 3 is 2.75 bits per heavy atom. The van der Waals surface area contributed by atoms with Crippen molar-refractivity contribution in [1.82, 2.24) is 10.1 Å². The minimum Gasteiger partial charge on any atom is -0.339 e. The Balaban J connectivity index is 1.79. The van der Waals surface area contributed by atoms with Crippen molar-refractivity contribution in [3.63, 3.8) is 0 Å². The molecule has 3 atom stereocenters. The van der Waals surface area contributed by atoms with Gasteiger partial charge in [-0.25, -0.2) is 0 Å². The molecule has 4 nitrogen and oxygen atoms in total. The molecule has 0 bridgehead atoms. The van der Waals surface area contributed by atoms with E-state index >= 15 is 0 Å². The number of nitrogens with two attached hydrogens (primary N) is 1. The third-order valence-electron chi connectivity index (χ3n) is 4.38. The fraction of sp³-hybridized carbons (Fsp3) is 0.833. The highest BCUT2D eigenvalue weighted by atomic mass is 16.5. The molecule has 2 fully saturated rings. The second-order valence-corrected chi connectivity index (χ2v) is 5.51. The van der Waals surface area contributed by atoms with E-state index in [9.17, 15) is 0 Å². The highest BCUT2D eigenvalue weighted by molar-refractivity contribution is 5.17. The molecule has 0 spiro atoms. The first kappa shape index (κ1) is 10.3. The van der Waals surface area contributed by atoms with Crippen LogP contribution in [0.4, 0.5) is 0 Å². The van der Waals surface area contributed by atoms with Crippen molar-refractivity contribution in [2.75, 3.05) is 0 Å². The van der Waals surface area contributed by atoms with Crippen LogP contribution in [0.2, 0.25) is 0 Å². The van der Waals surface area contributed by atoms with Crippen LogP contribution in [0.3, 0.4) is 0 Å². The molecule has 2 saturated carbocycles. The van der Waals surface area contributed by atoms with Crippen molar-refractivity contribution in [3.05, 3.63) is 11.7 Å². The first-order chi connectivity index (χ1) is 7.63. The Morgan fingerprint density at radius 1 is 1.44 bits per heavy atom. The topological polar surface area (TPSA) is 64.9 Å². The maximum atomic E-state index is 6.10. The van der Waals surface area contributed by atoms with Gasteiger partial charge in [-0.3, -0.25) is 0 Å². The number of hydrogen-bond donors (Lipinski definition) is 1. The van der Waals surface area contributed by atoms with E-state index in [0.29, 0.717) is 11.7 Å². The van der Waals surface area contributed by atoms with Crippen LogP contribution in [0.25, 0.3) is 0 Å². The summed E-state index contributed by atoms with van der Waals surface area (Å²) in [5.74, 6) is 3.67. The Kier molecular flexibility index (Phi) is 2.11. The second-order valence-electron chi connectivity index (χ2n) is 5.51. The van der Waals surface area contributed by atoms with E-state index in [0.717, 1.165) is 24.1 Å². The fourth-order valence-corrected chi connectivity index (χ4v) is 2.95. The van der Waals surface area contributed by atoms with Crippen LogP contribution < -0.4 is 5.73 Å². The van der Waals surface area contributed by atoms with Gasteiger partial charge in [-0.05, 0) is 38.0 Å². The Labute approximate surface area is 95.6 Å². The van der Waals surface area contributed by atoms with Gasteiger partial charge in [-0.1, -0.05) is 18.5 Å². The van der Waals surface area contributed by atoms with Crippen LogP contribution >= 0.6 is 0 Å². The predicted molar refractivity (Wildman–Crippen MR) is 59.7 cm³/mol. The first-order valence-corrected chi connectivity index (χ1v) is 6.26. The van der Waals surface area contributed by atoms with Gasteiger partial charge in [0.2, 0.25) is 5.89 Å². The van der Waals surface area contributed by atoms with Crippen molar-refractivity contribution in [1.29, 1.82) is 0 Å². The molecular weight excluding hydrogens is 202 g/mol. The molecule has 2 aliphatic rings. The monoisotopic (exact) mass is 221 g/mol. The molecule has 3 unspecified atom stereocenters. The molecule has 3 rings (SSSR count). The van der Waals surface area contributed by atoms with Crippen LogP contribution in [-0.4, -0.2) is 10.1 Å². The fourth-order valence-electron chi connectivity index (χ4n) is 2.95. The van der Waals surface area contributed by atoms with Crippen LogP contribution in [-0.2, 0) is 5.54 Å². The molecule has 4 heteroatoms. The highest BCUT2D eigenvalue weighted by Crippen LogP contribution is 2.62. The van der Waals surface area contributed by atoms with Gasteiger partial charge in [-0.2, -0.15) is 4.98 Å². The normalized spacial score (nSPS) is 35.8. The lowest BCUT2D eigenvalue weighted by molar-refractivity contribution is 0.345. The number of nitrogens with zero attached hydrogens (tertiary/aromatic N) is 2. The average molecular weight is 221 g/mol.